The second-order valence-corrected chi connectivity index (χ2v) is 13.2. The smallest absolute Gasteiger partial charge is 0.270 e. The zero-order chi connectivity index (χ0) is 39.2. The van der Waals surface area contributed by atoms with Crippen LogP contribution < -0.4 is 0 Å². The molecule has 0 amide bonds. The molecule has 4 aliphatic rings. The van der Waals surface area contributed by atoms with Crippen LogP contribution in [0.15, 0.2) is 36.1 Å². The van der Waals surface area contributed by atoms with E-state index in [4.69, 9.17) is 28.4 Å². The van der Waals surface area contributed by atoms with Gasteiger partial charge in [-0.25, -0.2) is 0 Å². The van der Waals surface area contributed by atoms with E-state index in [2.05, 4.69) is 4.74 Å². The van der Waals surface area contributed by atoms with Gasteiger partial charge in [0, 0.05) is 12.1 Å². The Labute approximate surface area is 304 Å². The highest BCUT2D eigenvalue weighted by Gasteiger charge is 2.50. The SMILES string of the molecule is OC[C@H]1O[C@@H](OC[C@H]2O[C@@H](OC[C@H]3O[C@@H](OC4=Cc5c(O)cc(O)cc5[OH+]C4c4ccc(O)c(O)c4)[C@H](O)[C@@H](O)[C@@H]3O)[C@H](O)[C@@H](O)[C@@H]2O)[C@H](O)[C@@H](O)[C@@H]1O. The Hall–Kier alpha value is -3.62. The summed E-state index contributed by atoms with van der Waals surface area (Å²) in [6, 6.07) is 6.03. The first-order chi connectivity index (χ1) is 25.6. The summed E-state index contributed by atoms with van der Waals surface area (Å²) in [5, 5.41) is 144. The molecule has 3 fully saturated rings. The molecular weight excluding hydrogens is 732 g/mol. The molecule has 0 aliphatic carbocycles. The minimum atomic E-state index is -1.92. The van der Waals surface area contributed by atoms with Gasteiger partial charge in [-0.3, -0.25) is 0 Å². The average Bonchev–Trinajstić information content (AvgIpc) is 3.14. The van der Waals surface area contributed by atoms with Gasteiger partial charge in [0.25, 0.3) is 11.9 Å². The summed E-state index contributed by atoms with van der Waals surface area (Å²) < 4.78 is 38.0. The van der Waals surface area contributed by atoms with E-state index in [9.17, 15) is 71.5 Å². The number of phenols is 4. The van der Waals surface area contributed by atoms with Crippen molar-refractivity contribution in [3.05, 3.63) is 47.2 Å². The average molecular weight is 776 g/mol. The second kappa shape index (κ2) is 16.2. The van der Waals surface area contributed by atoms with Gasteiger partial charge in [0.15, 0.2) is 29.8 Å². The van der Waals surface area contributed by atoms with Gasteiger partial charge in [-0.2, -0.15) is 0 Å². The van der Waals surface area contributed by atoms with E-state index in [1.807, 2.05) is 0 Å². The molecule has 15 N–H and O–H groups in total. The van der Waals surface area contributed by atoms with Crippen LogP contribution >= 0.6 is 0 Å². The molecule has 300 valence electrons. The van der Waals surface area contributed by atoms with E-state index < -0.39 is 135 Å². The molecule has 16 atom stereocenters. The molecule has 21 heteroatoms. The molecule has 0 aromatic heterocycles. The van der Waals surface area contributed by atoms with Crippen LogP contribution in [0.4, 0.5) is 0 Å². The highest BCUT2D eigenvalue weighted by molar-refractivity contribution is 5.69. The summed E-state index contributed by atoms with van der Waals surface area (Å²) in [5.74, 6) is -1.67. The molecule has 2 aromatic carbocycles. The van der Waals surface area contributed by atoms with Crippen LogP contribution in [0, 0.1) is 0 Å². The predicted octanol–water partition coefficient (Wildman–Crippen LogP) is -4.69. The lowest BCUT2D eigenvalue weighted by Crippen LogP contribution is -2.62. The number of benzene rings is 2. The van der Waals surface area contributed by atoms with E-state index in [-0.39, 0.29) is 28.4 Å². The summed E-state index contributed by atoms with van der Waals surface area (Å²) in [6.45, 7) is -2.08. The summed E-state index contributed by atoms with van der Waals surface area (Å²) in [7, 11) is 0. The lowest BCUT2D eigenvalue weighted by atomic mass is 9.97. The van der Waals surface area contributed by atoms with Gasteiger partial charge >= 0.3 is 0 Å². The van der Waals surface area contributed by atoms with E-state index in [0.717, 1.165) is 6.07 Å². The molecule has 1 unspecified atom stereocenters. The number of rotatable bonds is 10. The Bertz CT molecular complexity index is 1640. The van der Waals surface area contributed by atoms with Crippen molar-refractivity contribution in [2.75, 3.05) is 19.8 Å². The van der Waals surface area contributed by atoms with Crippen molar-refractivity contribution >= 4 is 6.08 Å². The number of ether oxygens (including phenoxy) is 7. The number of aromatic hydroxyl groups is 5. The molecule has 0 radical (unpaired) electrons. The van der Waals surface area contributed by atoms with E-state index >= 15 is 0 Å². The maximum Gasteiger partial charge on any atom is 0.270 e. The Morgan fingerprint density at radius 2 is 1.07 bits per heavy atom. The van der Waals surface area contributed by atoms with Crippen molar-refractivity contribution in [2.24, 2.45) is 0 Å². The Kier molecular flexibility index (Phi) is 12.0. The zero-order valence-corrected chi connectivity index (χ0v) is 28.0. The summed E-state index contributed by atoms with van der Waals surface area (Å²) in [5.41, 5.74) is 0.326. The van der Waals surface area contributed by atoms with Gasteiger partial charge in [0.05, 0.1) is 31.5 Å². The monoisotopic (exact) mass is 775 g/mol. The fourth-order valence-corrected chi connectivity index (χ4v) is 6.40. The van der Waals surface area contributed by atoms with Gasteiger partial charge in [-0.1, -0.05) is 0 Å². The molecule has 3 saturated heterocycles. The largest absolute Gasteiger partial charge is 0.571 e. The highest BCUT2D eigenvalue weighted by Crippen LogP contribution is 2.46. The summed E-state index contributed by atoms with van der Waals surface area (Å²) in [6.07, 6.45) is -25.7. The van der Waals surface area contributed by atoms with Gasteiger partial charge in [-0.05, 0) is 18.2 Å². The number of fused-ring (bicyclic) bond motifs is 1. The first kappa shape index (κ1) is 40.1. The quantitative estimate of drug-likeness (QED) is 0.0796. The van der Waals surface area contributed by atoms with Crippen LogP contribution in [-0.4, -0.2) is 188 Å². The Morgan fingerprint density at radius 3 is 1.63 bits per heavy atom. The van der Waals surface area contributed by atoms with E-state index in [1.165, 1.54) is 30.3 Å². The van der Waals surface area contributed by atoms with Gasteiger partial charge in [-0.15, -0.1) is 0 Å². The first-order valence-electron chi connectivity index (χ1n) is 16.7. The second-order valence-electron chi connectivity index (χ2n) is 13.2. The Balaban J connectivity index is 1.15. The number of hydrogen-bond acceptors (Lipinski definition) is 20. The summed E-state index contributed by atoms with van der Waals surface area (Å²) in [4.78, 5) is 0. The standard InChI is InChI=1S/C33H42O21/c34-7-18-21(39)24(42)27(45)31(52-18)48-8-19-22(40)25(43)28(46)32(53-19)49-9-20-23(41)26(44)29(47)33(54-20)51-17-6-12-14(37)4-11(35)5-16(12)50-30(17)10-1-2-13(36)15(38)3-10/h1-6,18-47H,7-9H2/p+1/t18-,19-,20-,21-,22-,23-,24+,25+,26+,27-,28-,29-,30?,31-,32-,33-/m1/s1. The van der Waals surface area contributed by atoms with E-state index in [0.29, 0.717) is 0 Å². The third-order valence-corrected chi connectivity index (χ3v) is 9.55. The van der Waals surface area contributed by atoms with Crippen molar-refractivity contribution in [3.63, 3.8) is 0 Å². The molecule has 4 aliphatic heterocycles. The highest BCUT2D eigenvalue weighted by atomic mass is 16.7. The molecule has 54 heavy (non-hydrogen) atoms. The molecule has 21 nitrogen and oxygen atoms in total. The van der Waals surface area contributed by atoms with Crippen LogP contribution in [0.5, 0.6) is 28.7 Å². The normalized spacial score (nSPS) is 39.6. The molecule has 6 rings (SSSR count). The van der Waals surface area contributed by atoms with Crippen LogP contribution in [0.3, 0.4) is 0 Å². The van der Waals surface area contributed by atoms with Gasteiger partial charge in [0.2, 0.25) is 6.29 Å². The van der Waals surface area contributed by atoms with Gasteiger partial charge in [0.1, 0.15) is 90.3 Å². The van der Waals surface area contributed by atoms with Crippen molar-refractivity contribution in [1.82, 2.24) is 0 Å². The van der Waals surface area contributed by atoms with Crippen LogP contribution in [-0.2, 0) is 28.4 Å². The lowest BCUT2D eigenvalue weighted by molar-refractivity contribution is -0.341. The first-order valence-corrected chi connectivity index (χ1v) is 16.7. The molecular formula is C33H43O21+. The third kappa shape index (κ3) is 7.88. The minimum absolute atomic E-state index is 0.0853. The molecule has 0 saturated carbocycles. The van der Waals surface area contributed by atoms with Crippen molar-refractivity contribution in [3.8, 4) is 28.7 Å². The number of phenolic OH excluding ortho intramolecular Hbond substituents is 4. The van der Waals surface area contributed by atoms with Crippen LogP contribution in [0.25, 0.3) is 6.08 Å². The van der Waals surface area contributed by atoms with Crippen molar-refractivity contribution in [1.29, 1.82) is 0 Å². The maximum atomic E-state index is 10.9. The Morgan fingerprint density at radius 1 is 0.556 bits per heavy atom. The minimum Gasteiger partial charge on any atom is -0.571 e. The van der Waals surface area contributed by atoms with Crippen molar-refractivity contribution in [2.45, 2.75) is 98.2 Å². The van der Waals surface area contributed by atoms with Gasteiger partial charge < -0.3 is 105 Å². The maximum absolute atomic E-state index is 10.9. The third-order valence-electron chi connectivity index (χ3n) is 9.55. The fraction of sp³-hybridized carbons (Fsp3) is 0.576. The predicted molar refractivity (Wildman–Crippen MR) is 172 cm³/mol. The van der Waals surface area contributed by atoms with E-state index in [1.54, 1.807) is 0 Å². The van der Waals surface area contributed by atoms with Crippen LogP contribution in [0.2, 0.25) is 0 Å². The number of hydrogen-bond donors (Lipinski definition) is 14. The lowest BCUT2D eigenvalue weighted by Gasteiger charge is -2.44. The summed E-state index contributed by atoms with van der Waals surface area (Å²) >= 11 is 0. The topological polar surface area (TPSA) is 351 Å². The zero-order valence-electron chi connectivity index (χ0n) is 28.0. The molecule has 2 aromatic rings. The molecule has 0 bridgehead atoms. The fourth-order valence-electron chi connectivity index (χ4n) is 6.40. The van der Waals surface area contributed by atoms with Crippen molar-refractivity contribution < 1.29 is 105 Å². The van der Waals surface area contributed by atoms with Crippen LogP contribution in [0.1, 0.15) is 17.2 Å². The number of aliphatic hydroxyl groups is 11. The molecule has 0 spiro atoms. The molecule has 4 heterocycles. The number of aliphatic hydroxyl groups excluding tert-OH is 10.